The topological polar surface area (TPSA) is 25.4 Å². The second kappa shape index (κ2) is 5.23. The molecule has 5 heteroatoms. The average molecular weight is 348 g/mol. The summed E-state index contributed by atoms with van der Waals surface area (Å²) >= 11 is 9.49. The SMILES string of the molecule is CC1(C)CN(c2ncc(Br)cc2CCl)CC(C)(C)O1. The summed E-state index contributed by atoms with van der Waals surface area (Å²) in [6.07, 6.45) is 1.82. The Morgan fingerprint density at radius 1 is 1.32 bits per heavy atom. The summed E-state index contributed by atoms with van der Waals surface area (Å²) in [6.45, 7) is 10.1. The van der Waals surface area contributed by atoms with Gasteiger partial charge in [0.2, 0.25) is 0 Å². The Hall–Kier alpha value is -0.320. The van der Waals surface area contributed by atoms with E-state index in [1.807, 2.05) is 12.3 Å². The van der Waals surface area contributed by atoms with Gasteiger partial charge in [-0.05, 0) is 49.7 Å². The van der Waals surface area contributed by atoms with Crippen molar-refractivity contribution in [1.29, 1.82) is 0 Å². The lowest BCUT2D eigenvalue weighted by Gasteiger charge is -2.48. The van der Waals surface area contributed by atoms with Crippen LogP contribution in [0.3, 0.4) is 0 Å². The lowest BCUT2D eigenvalue weighted by atomic mass is 9.98. The summed E-state index contributed by atoms with van der Waals surface area (Å²) in [6, 6.07) is 2.03. The highest BCUT2D eigenvalue weighted by atomic mass is 79.9. The summed E-state index contributed by atoms with van der Waals surface area (Å²) in [7, 11) is 0. The van der Waals surface area contributed by atoms with Gasteiger partial charge in [-0.2, -0.15) is 0 Å². The van der Waals surface area contributed by atoms with Crippen molar-refractivity contribution in [2.45, 2.75) is 44.8 Å². The Bertz CT molecular complexity index is 461. The first kappa shape index (κ1) is 15.1. The van der Waals surface area contributed by atoms with Crippen molar-refractivity contribution in [3.05, 3.63) is 22.3 Å². The molecule has 0 aliphatic carbocycles. The molecule has 2 heterocycles. The first-order chi connectivity index (χ1) is 8.72. The summed E-state index contributed by atoms with van der Waals surface area (Å²) in [5.74, 6) is 1.42. The first-order valence-corrected chi connectivity index (χ1v) is 7.71. The van der Waals surface area contributed by atoms with Gasteiger partial charge >= 0.3 is 0 Å². The summed E-state index contributed by atoms with van der Waals surface area (Å²) < 4.78 is 7.06. The monoisotopic (exact) mass is 346 g/mol. The first-order valence-electron chi connectivity index (χ1n) is 6.38. The minimum atomic E-state index is -0.194. The van der Waals surface area contributed by atoms with Crippen LogP contribution in [-0.4, -0.2) is 29.3 Å². The number of aromatic nitrogens is 1. The molecule has 0 unspecified atom stereocenters. The Kier molecular flexibility index (Phi) is 4.15. The number of hydrogen-bond donors (Lipinski definition) is 0. The molecule has 0 radical (unpaired) electrons. The summed E-state index contributed by atoms with van der Waals surface area (Å²) in [5, 5.41) is 0. The molecule has 1 saturated heterocycles. The molecule has 106 valence electrons. The number of nitrogens with zero attached hydrogens (tertiary/aromatic N) is 2. The molecular formula is C14H20BrClN2O. The van der Waals surface area contributed by atoms with Crippen molar-refractivity contribution < 1.29 is 4.74 Å². The predicted octanol–water partition coefficient (Wildman–Crippen LogP) is 3.98. The van der Waals surface area contributed by atoms with Gasteiger partial charge in [0.25, 0.3) is 0 Å². The van der Waals surface area contributed by atoms with Crippen molar-refractivity contribution in [1.82, 2.24) is 4.98 Å². The third kappa shape index (κ3) is 3.61. The van der Waals surface area contributed by atoms with Crippen LogP contribution >= 0.6 is 27.5 Å². The number of pyridine rings is 1. The molecule has 0 aromatic carbocycles. The molecule has 19 heavy (non-hydrogen) atoms. The molecule has 1 aromatic heterocycles. The number of alkyl halides is 1. The van der Waals surface area contributed by atoms with Crippen molar-refractivity contribution in [3.8, 4) is 0 Å². The summed E-state index contributed by atoms with van der Waals surface area (Å²) in [4.78, 5) is 6.81. The number of halogens is 2. The maximum absolute atomic E-state index is 6.10. The van der Waals surface area contributed by atoms with Crippen LogP contribution in [0.15, 0.2) is 16.7 Å². The minimum absolute atomic E-state index is 0.194. The highest BCUT2D eigenvalue weighted by Crippen LogP contribution is 2.33. The van der Waals surface area contributed by atoms with Crippen LogP contribution in [0.2, 0.25) is 0 Å². The lowest BCUT2D eigenvalue weighted by molar-refractivity contribution is -0.133. The van der Waals surface area contributed by atoms with Crippen molar-refractivity contribution in [3.63, 3.8) is 0 Å². The van der Waals surface area contributed by atoms with E-state index in [1.165, 1.54) is 0 Å². The zero-order valence-corrected chi connectivity index (χ0v) is 14.2. The quantitative estimate of drug-likeness (QED) is 0.757. The zero-order valence-electron chi connectivity index (χ0n) is 11.8. The number of ether oxygens (including phenoxy) is 1. The average Bonchev–Trinajstić information content (AvgIpc) is 2.24. The van der Waals surface area contributed by atoms with E-state index in [2.05, 4.69) is 53.5 Å². The molecule has 0 atom stereocenters. The minimum Gasteiger partial charge on any atom is -0.366 e. The van der Waals surface area contributed by atoms with Gasteiger partial charge in [0.05, 0.1) is 17.1 Å². The molecular weight excluding hydrogens is 328 g/mol. The van der Waals surface area contributed by atoms with Gasteiger partial charge in [-0.1, -0.05) is 0 Å². The Morgan fingerprint density at radius 2 is 1.89 bits per heavy atom. The number of anilines is 1. The smallest absolute Gasteiger partial charge is 0.133 e. The van der Waals surface area contributed by atoms with Crippen LogP contribution in [0.25, 0.3) is 0 Å². The lowest BCUT2D eigenvalue weighted by Crippen LogP contribution is -2.57. The number of morpholine rings is 1. The number of hydrogen-bond acceptors (Lipinski definition) is 3. The maximum atomic E-state index is 6.10. The number of rotatable bonds is 2. The largest absolute Gasteiger partial charge is 0.366 e. The van der Waals surface area contributed by atoms with Crippen LogP contribution in [0, 0.1) is 0 Å². The molecule has 0 bridgehead atoms. The molecule has 0 spiro atoms. The molecule has 1 aliphatic heterocycles. The zero-order chi connectivity index (χ0) is 14.3. The van der Waals surface area contributed by atoms with E-state index in [1.54, 1.807) is 0 Å². The van der Waals surface area contributed by atoms with E-state index < -0.39 is 0 Å². The van der Waals surface area contributed by atoms with E-state index in [9.17, 15) is 0 Å². The fraction of sp³-hybridized carbons (Fsp3) is 0.643. The van der Waals surface area contributed by atoms with Crippen LogP contribution in [0.1, 0.15) is 33.3 Å². The summed E-state index contributed by atoms with van der Waals surface area (Å²) in [5.41, 5.74) is 0.657. The van der Waals surface area contributed by atoms with E-state index in [0.29, 0.717) is 5.88 Å². The van der Waals surface area contributed by atoms with Crippen LogP contribution in [0.5, 0.6) is 0 Å². The van der Waals surface area contributed by atoms with E-state index >= 15 is 0 Å². The van der Waals surface area contributed by atoms with Crippen molar-refractivity contribution in [2.75, 3.05) is 18.0 Å². The third-order valence-corrected chi connectivity index (χ3v) is 3.77. The molecule has 1 aliphatic rings. The molecule has 3 nitrogen and oxygen atoms in total. The van der Waals surface area contributed by atoms with E-state index in [0.717, 1.165) is 28.9 Å². The molecule has 0 amide bonds. The van der Waals surface area contributed by atoms with E-state index in [4.69, 9.17) is 16.3 Å². The fourth-order valence-electron chi connectivity index (χ4n) is 2.79. The second-order valence-corrected chi connectivity index (χ2v) is 7.43. The standard InChI is InChI=1S/C14H20BrClN2O/c1-13(2)8-18(9-14(3,4)19-13)12-10(6-16)5-11(15)7-17-12/h5,7H,6,8-9H2,1-4H3. The van der Waals surface area contributed by atoms with Gasteiger partial charge in [0.1, 0.15) is 5.82 Å². The Balaban J connectivity index is 2.35. The van der Waals surface area contributed by atoms with E-state index in [-0.39, 0.29) is 11.2 Å². The molecule has 1 aromatic rings. The van der Waals surface area contributed by atoms with Crippen LogP contribution in [0.4, 0.5) is 5.82 Å². The molecule has 2 rings (SSSR count). The Labute approximate surface area is 128 Å². The highest BCUT2D eigenvalue weighted by Gasteiger charge is 2.39. The van der Waals surface area contributed by atoms with Crippen LogP contribution in [-0.2, 0) is 10.6 Å². The highest BCUT2D eigenvalue weighted by molar-refractivity contribution is 9.10. The normalized spacial score (nSPS) is 21.5. The molecule has 0 saturated carbocycles. The van der Waals surface area contributed by atoms with Gasteiger partial charge in [0, 0.05) is 29.3 Å². The van der Waals surface area contributed by atoms with Gasteiger partial charge < -0.3 is 9.64 Å². The third-order valence-electron chi connectivity index (χ3n) is 3.05. The van der Waals surface area contributed by atoms with Gasteiger partial charge in [0.15, 0.2) is 0 Å². The van der Waals surface area contributed by atoms with Gasteiger partial charge in [-0.15, -0.1) is 11.6 Å². The van der Waals surface area contributed by atoms with Crippen molar-refractivity contribution in [2.24, 2.45) is 0 Å². The van der Waals surface area contributed by atoms with Crippen LogP contribution < -0.4 is 4.90 Å². The van der Waals surface area contributed by atoms with Gasteiger partial charge in [-0.3, -0.25) is 0 Å². The molecule has 0 N–H and O–H groups in total. The fourth-order valence-corrected chi connectivity index (χ4v) is 3.37. The molecule has 1 fully saturated rings. The predicted molar refractivity (Wildman–Crippen MR) is 83.0 cm³/mol. The second-order valence-electron chi connectivity index (χ2n) is 6.25. The van der Waals surface area contributed by atoms with Crippen molar-refractivity contribution >= 4 is 33.3 Å². The van der Waals surface area contributed by atoms with Gasteiger partial charge in [-0.25, -0.2) is 4.98 Å². The maximum Gasteiger partial charge on any atom is 0.133 e. The Morgan fingerprint density at radius 3 is 2.42 bits per heavy atom.